The normalized spacial score (nSPS) is 13.6. The number of nitrogens with one attached hydrogen (secondary N) is 1. The molecule has 1 saturated heterocycles. The van der Waals surface area contributed by atoms with Crippen LogP contribution in [0.1, 0.15) is 18.4 Å². The smallest absolute Gasteiger partial charge is 0.258 e. The van der Waals surface area contributed by atoms with Crippen LogP contribution in [-0.4, -0.2) is 32.7 Å². The van der Waals surface area contributed by atoms with E-state index in [1.54, 1.807) is 19.2 Å². The number of rotatable bonds is 7. The Morgan fingerprint density at radius 3 is 2.40 bits per heavy atom. The van der Waals surface area contributed by atoms with Crippen molar-refractivity contribution in [2.24, 2.45) is 0 Å². The van der Waals surface area contributed by atoms with Gasteiger partial charge in [-0.25, -0.2) is 0 Å². The molecule has 0 unspecified atom stereocenters. The third-order valence-corrected chi connectivity index (χ3v) is 4.33. The molecule has 1 heterocycles. The number of carbonyl (C=O) groups is 1. The molecule has 0 aromatic heterocycles. The van der Waals surface area contributed by atoms with Crippen LogP contribution in [0.3, 0.4) is 0 Å². The molecular formula is C20H24N2O3. The maximum absolute atomic E-state index is 12.0. The van der Waals surface area contributed by atoms with Gasteiger partial charge in [0.15, 0.2) is 18.1 Å². The number of benzene rings is 2. The lowest BCUT2D eigenvalue weighted by Gasteiger charge is -2.17. The highest BCUT2D eigenvalue weighted by Crippen LogP contribution is 2.25. The number of hydrogen-bond donors (Lipinski definition) is 1. The van der Waals surface area contributed by atoms with Gasteiger partial charge >= 0.3 is 0 Å². The molecule has 3 rings (SSSR count). The summed E-state index contributed by atoms with van der Waals surface area (Å²) in [4.78, 5) is 14.4. The second-order valence-electron chi connectivity index (χ2n) is 6.08. The van der Waals surface area contributed by atoms with Crippen LogP contribution in [-0.2, 0) is 11.3 Å². The quantitative estimate of drug-likeness (QED) is 0.842. The Morgan fingerprint density at radius 2 is 1.72 bits per heavy atom. The van der Waals surface area contributed by atoms with E-state index < -0.39 is 0 Å². The Balaban J connectivity index is 1.45. The molecular weight excluding hydrogens is 316 g/mol. The van der Waals surface area contributed by atoms with E-state index in [1.165, 1.54) is 18.5 Å². The lowest BCUT2D eigenvalue weighted by molar-refractivity contribution is -0.123. The first-order chi connectivity index (χ1) is 12.3. The van der Waals surface area contributed by atoms with Crippen molar-refractivity contribution in [2.75, 3.05) is 31.7 Å². The predicted molar refractivity (Wildman–Crippen MR) is 98.2 cm³/mol. The lowest BCUT2D eigenvalue weighted by atomic mass is 10.2. The fourth-order valence-corrected chi connectivity index (χ4v) is 2.93. The van der Waals surface area contributed by atoms with Crippen molar-refractivity contribution in [3.63, 3.8) is 0 Å². The standard InChI is InChI=1S/C20H24N2O3/c1-24-18-6-2-3-7-19(18)25-15-20(23)21-14-16-8-10-17(11-9-16)22-12-4-5-13-22/h2-3,6-11H,4-5,12-15H2,1H3,(H,21,23). The number of para-hydroxylation sites is 2. The molecule has 0 saturated carbocycles. The molecule has 1 aliphatic heterocycles. The number of anilines is 1. The summed E-state index contributed by atoms with van der Waals surface area (Å²) in [6, 6.07) is 15.7. The van der Waals surface area contributed by atoms with Crippen LogP contribution in [0, 0.1) is 0 Å². The maximum atomic E-state index is 12.0. The zero-order valence-corrected chi connectivity index (χ0v) is 14.5. The maximum Gasteiger partial charge on any atom is 0.258 e. The molecule has 1 N–H and O–H groups in total. The van der Waals surface area contributed by atoms with Crippen LogP contribution in [0.5, 0.6) is 11.5 Å². The Morgan fingerprint density at radius 1 is 1.04 bits per heavy atom. The van der Waals surface area contributed by atoms with Gasteiger partial charge in [-0.05, 0) is 42.7 Å². The van der Waals surface area contributed by atoms with E-state index in [1.807, 2.05) is 12.1 Å². The van der Waals surface area contributed by atoms with Gasteiger partial charge in [0.1, 0.15) is 0 Å². The van der Waals surface area contributed by atoms with Crippen molar-refractivity contribution in [3.05, 3.63) is 54.1 Å². The molecule has 2 aromatic rings. The van der Waals surface area contributed by atoms with Crippen LogP contribution < -0.4 is 19.7 Å². The van der Waals surface area contributed by atoms with Crippen molar-refractivity contribution >= 4 is 11.6 Å². The van der Waals surface area contributed by atoms with Crippen LogP contribution in [0.25, 0.3) is 0 Å². The minimum Gasteiger partial charge on any atom is -0.493 e. The molecule has 1 fully saturated rings. The largest absolute Gasteiger partial charge is 0.493 e. The molecule has 5 heteroatoms. The van der Waals surface area contributed by atoms with Crippen molar-refractivity contribution in [1.29, 1.82) is 0 Å². The molecule has 5 nitrogen and oxygen atoms in total. The van der Waals surface area contributed by atoms with E-state index in [-0.39, 0.29) is 12.5 Å². The van der Waals surface area contributed by atoms with Crippen molar-refractivity contribution in [2.45, 2.75) is 19.4 Å². The Hall–Kier alpha value is -2.69. The number of nitrogens with zero attached hydrogens (tertiary/aromatic N) is 1. The van der Waals surface area contributed by atoms with E-state index in [0.29, 0.717) is 18.0 Å². The highest BCUT2D eigenvalue weighted by atomic mass is 16.5. The van der Waals surface area contributed by atoms with Gasteiger partial charge in [-0.15, -0.1) is 0 Å². The third-order valence-electron chi connectivity index (χ3n) is 4.33. The predicted octanol–water partition coefficient (Wildman–Crippen LogP) is 2.99. The van der Waals surface area contributed by atoms with Crippen LogP contribution >= 0.6 is 0 Å². The first-order valence-corrected chi connectivity index (χ1v) is 8.62. The summed E-state index contributed by atoms with van der Waals surface area (Å²) in [6.07, 6.45) is 2.54. The van der Waals surface area contributed by atoms with E-state index in [2.05, 4.69) is 34.5 Å². The zero-order valence-electron chi connectivity index (χ0n) is 14.5. The molecule has 1 amide bonds. The molecule has 25 heavy (non-hydrogen) atoms. The van der Waals surface area contributed by atoms with Gasteiger partial charge in [0.2, 0.25) is 0 Å². The summed E-state index contributed by atoms with van der Waals surface area (Å²) in [7, 11) is 1.58. The summed E-state index contributed by atoms with van der Waals surface area (Å²) >= 11 is 0. The highest BCUT2D eigenvalue weighted by molar-refractivity contribution is 5.77. The zero-order chi connectivity index (χ0) is 17.5. The SMILES string of the molecule is COc1ccccc1OCC(=O)NCc1ccc(N2CCCC2)cc1. The molecule has 0 spiro atoms. The Kier molecular flexibility index (Phi) is 5.77. The summed E-state index contributed by atoms with van der Waals surface area (Å²) < 4.78 is 10.7. The first kappa shape index (κ1) is 17.1. The Labute approximate surface area is 148 Å². The van der Waals surface area contributed by atoms with E-state index >= 15 is 0 Å². The minimum atomic E-state index is -0.158. The van der Waals surface area contributed by atoms with Gasteiger partial charge < -0.3 is 19.7 Å². The fourth-order valence-electron chi connectivity index (χ4n) is 2.93. The Bertz CT molecular complexity index is 694. The lowest BCUT2D eigenvalue weighted by Crippen LogP contribution is -2.28. The van der Waals surface area contributed by atoms with Gasteiger partial charge in [-0.1, -0.05) is 24.3 Å². The number of amides is 1. The van der Waals surface area contributed by atoms with E-state index in [0.717, 1.165) is 18.7 Å². The first-order valence-electron chi connectivity index (χ1n) is 8.62. The van der Waals surface area contributed by atoms with Crippen LogP contribution in [0.15, 0.2) is 48.5 Å². The van der Waals surface area contributed by atoms with Gasteiger partial charge in [-0.2, -0.15) is 0 Å². The minimum absolute atomic E-state index is 0.0355. The topological polar surface area (TPSA) is 50.8 Å². The average Bonchev–Trinajstić information content (AvgIpc) is 3.20. The van der Waals surface area contributed by atoms with E-state index in [9.17, 15) is 4.79 Å². The van der Waals surface area contributed by atoms with Crippen molar-refractivity contribution in [3.8, 4) is 11.5 Å². The monoisotopic (exact) mass is 340 g/mol. The molecule has 0 radical (unpaired) electrons. The molecule has 2 aromatic carbocycles. The number of hydrogen-bond acceptors (Lipinski definition) is 4. The molecule has 0 bridgehead atoms. The molecule has 0 aliphatic carbocycles. The third kappa shape index (κ3) is 4.66. The molecule has 0 atom stereocenters. The van der Waals surface area contributed by atoms with E-state index in [4.69, 9.17) is 9.47 Å². The second-order valence-corrected chi connectivity index (χ2v) is 6.08. The summed E-state index contributed by atoms with van der Waals surface area (Å²) in [6.45, 7) is 2.73. The fraction of sp³-hybridized carbons (Fsp3) is 0.350. The average molecular weight is 340 g/mol. The summed E-state index contributed by atoms with van der Waals surface area (Å²) in [5.74, 6) is 1.03. The summed E-state index contributed by atoms with van der Waals surface area (Å²) in [5.41, 5.74) is 2.33. The molecule has 132 valence electrons. The van der Waals surface area contributed by atoms with Crippen molar-refractivity contribution < 1.29 is 14.3 Å². The van der Waals surface area contributed by atoms with Gasteiger partial charge in [0.05, 0.1) is 7.11 Å². The second kappa shape index (κ2) is 8.42. The van der Waals surface area contributed by atoms with Crippen LogP contribution in [0.2, 0.25) is 0 Å². The number of carbonyl (C=O) groups excluding carboxylic acids is 1. The molecule has 1 aliphatic rings. The highest BCUT2D eigenvalue weighted by Gasteiger charge is 2.12. The van der Waals surface area contributed by atoms with Gasteiger partial charge in [-0.3, -0.25) is 4.79 Å². The van der Waals surface area contributed by atoms with Gasteiger partial charge in [0.25, 0.3) is 5.91 Å². The number of ether oxygens (including phenoxy) is 2. The van der Waals surface area contributed by atoms with Crippen LogP contribution in [0.4, 0.5) is 5.69 Å². The summed E-state index contributed by atoms with van der Waals surface area (Å²) in [5, 5.41) is 2.88. The van der Waals surface area contributed by atoms with Gasteiger partial charge in [0, 0.05) is 25.3 Å². The van der Waals surface area contributed by atoms with Crippen molar-refractivity contribution in [1.82, 2.24) is 5.32 Å². The number of methoxy groups -OCH3 is 1.